The Bertz CT molecular complexity index is 390. The summed E-state index contributed by atoms with van der Waals surface area (Å²) in [4.78, 5) is 0. The second-order valence-electron chi connectivity index (χ2n) is 5.02. The molecule has 0 amide bonds. The Labute approximate surface area is 104 Å². The fourth-order valence-corrected chi connectivity index (χ4v) is 2.69. The Morgan fingerprint density at radius 2 is 2.19 bits per heavy atom. The van der Waals surface area contributed by atoms with Crippen molar-refractivity contribution in [3.05, 3.63) is 34.1 Å². The van der Waals surface area contributed by atoms with Crippen molar-refractivity contribution in [2.45, 2.75) is 26.2 Å². The molecule has 0 saturated heterocycles. The number of halogens is 2. The van der Waals surface area contributed by atoms with Crippen LogP contribution in [0.3, 0.4) is 0 Å². The van der Waals surface area contributed by atoms with Crippen LogP contribution < -0.4 is 5.73 Å². The van der Waals surface area contributed by atoms with Crippen molar-refractivity contribution in [1.29, 1.82) is 0 Å². The maximum absolute atomic E-state index is 13.4. The van der Waals surface area contributed by atoms with Gasteiger partial charge in [0.25, 0.3) is 0 Å². The molecule has 1 aromatic carbocycles. The van der Waals surface area contributed by atoms with Crippen LogP contribution in [0.5, 0.6) is 0 Å². The minimum absolute atomic E-state index is 0.121. The lowest BCUT2D eigenvalue weighted by Crippen LogP contribution is -2.32. The summed E-state index contributed by atoms with van der Waals surface area (Å²) in [7, 11) is 0. The van der Waals surface area contributed by atoms with Gasteiger partial charge in [0, 0.05) is 0 Å². The highest BCUT2D eigenvalue weighted by molar-refractivity contribution is 9.10. The summed E-state index contributed by atoms with van der Waals surface area (Å²) in [6.45, 7) is 2.88. The fraction of sp³-hybridized carbons (Fsp3) is 0.538. The van der Waals surface area contributed by atoms with Gasteiger partial charge in [0.15, 0.2) is 0 Å². The predicted octanol–water partition coefficient (Wildman–Crippen LogP) is 3.51. The van der Waals surface area contributed by atoms with Crippen LogP contribution >= 0.6 is 15.9 Å². The van der Waals surface area contributed by atoms with E-state index in [0.717, 1.165) is 12.0 Å². The summed E-state index contributed by atoms with van der Waals surface area (Å²) in [5, 5.41) is 0. The molecule has 1 unspecified atom stereocenters. The molecule has 3 heteroatoms. The molecule has 0 spiro atoms. The van der Waals surface area contributed by atoms with Crippen LogP contribution in [-0.4, -0.2) is 6.54 Å². The fourth-order valence-electron chi connectivity index (χ4n) is 2.28. The third-order valence-electron chi connectivity index (χ3n) is 3.66. The van der Waals surface area contributed by atoms with Gasteiger partial charge in [-0.15, -0.1) is 0 Å². The van der Waals surface area contributed by atoms with Gasteiger partial charge in [0.1, 0.15) is 5.82 Å². The highest BCUT2D eigenvalue weighted by atomic mass is 79.9. The first-order valence-electron chi connectivity index (χ1n) is 5.70. The smallest absolute Gasteiger partial charge is 0.137 e. The normalized spacial score (nSPS) is 19.5. The van der Waals surface area contributed by atoms with Crippen molar-refractivity contribution in [3.63, 3.8) is 0 Å². The van der Waals surface area contributed by atoms with E-state index in [1.54, 1.807) is 6.07 Å². The molecule has 88 valence electrons. The molecule has 0 aromatic heterocycles. The van der Waals surface area contributed by atoms with E-state index in [2.05, 4.69) is 22.9 Å². The van der Waals surface area contributed by atoms with Gasteiger partial charge in [0.2, 0.25) is 0 Å². The second kappa shape index (κ2) is 4.46. The van der Waals surface area contributed by atoms with Crippen LogP contribution in [0.4, 0.5) is 4.39 Å². The van der Waals surface area contributed by atoms with Crippen LogP contribution in [0, 0.1) is 17.2 Å². The molecule has 1 aliphatic rings. The zero-order chi connectivity index (χ0) is 11.8. The molecule has 0 heterocycles. The first kappa shape index (κ1) is 12.1. The van der Waals surface area contributed by atoms with Crippen LogP contribution in [0.25, 0.3) is 0 Å². The minimum Gasteiger partial charge on any atom is -0.330 e. The number of nitrogens with two attached hydrogens (primary N) is 1. The Morgan fingerprint density at radius 1 is 1.50 bits per heavy atom. The van der Waals surface area contributed by atoms with E-state index in [-0.39, 0.29) is 11.2 Å². The molecular weight excluding hydrogens is 269 g/mol. The number of hydrogen-bond donors (Lipinski definition) is 1. The van der Waals surface area contributed by atoms with Crippen molar-refractivity contribution in [1.82, 2.24) is 0 Å². The molecule has 0 radical (unpaired) electrons. The average molecular weight is 286 g/mol. The monoisotopic (exact) mass is 285 g/mol. The number of benzene rings is 1. The molecule has 1 aromatic rings. The first-order chi connectivity index (χ1) is 7.57. The molecule has 0 bridgehead atoms. The molecule has 1 fully saturated rings. The Morgan fingerprint density at radius 3 is 2.75 bits per heavy atom. The topological polar surface area (TPSA) is 26.0 Å². The average Bonchev–Trinajstić information content (AvgIpc) is 3.08. The van der Waals surface area contributed by atoms with Gasteiger partial charge in [-0.1, -0.05) is 19.1 Å². The van der Waals surface area contributed by atoms with Crippen LogP contribution in [0.1, 0.15) is 25.3 Å². The van der Waals surface area contributed by atoms with E-state index in [4.69, 9.17) is 5.73 Å². The highest BCUT2D eigenvalue weighted by Gasteiger charge is 2.40. The van der Waals surface area contributed by atoms with Crippen molar-refractivity contribution in [2.24, 2.45) is 17.1 Å². The van der Waals surface area contributed by atoms with Crippen molar-refractivity contribution in [2.75, 3.05) is 6.54 Å². The molecule has 0 aliphatic heterocycles. The summed E-state index contributed by atoms with van der Waals surface area (Å²) < 4.78 is 14.0. The molecule has 1 nitrogen and oxygen atoms in total. The third kappa shape index (κ3) is 2.30. The van der Waals surface area contributed by atoms with Gasteiger partial charge in [-0.05, 0) is 64.7 Å². The van der Waals surface area contributed by atoms with E-state index < -0.39 is 0 Å². The van der Waals surface area contributed by atoms with Crippen LogP contribution in [0.2, 0.25) is 0 Å². The molecule has 2 rings (SSSR count). The Kier molecular flexibility index (Phi) is 3.36. The van der Waals surface area contributed by atoms with Gasteiger partial charge in [-0.25, -0.2) is 4.39 Å². The van der Waals surface area contributed by atoms with Crippen LogP contribution in [0.15, 0.2) is 22.7 Å². The van der Waals surface area contributed by atoms with Crippen molar-refractivity contribution in [3.8, 4) is 0 Å². The van der Waals surface area contributed by atoms with Crippen molar-refractivity contribution < 1.29 is 4.39 Å². The lowest BCUT2D eigenvalue weighted by atomic mass is 9.79. The summed E-state index contributed by atoms with van der Waals surface area (Å²) >= 11 is 3.32. The molecule has 1 aliphatic carbocycles. The molecule has 16 heavy (non-hydrogen) atoms. The number of hydrogen-bond acceptors (Lipinski definition) is 1. The lowest BCUT2D eigenvalue weighted by Gasteiger charge is -2.28. The molecule has 2 N–H and O–H groups in total. The van der Waals surface area contributed by atoms with Gasteiger partial charge < -0.3 is 5.73 Å². The summed E-state index contributed by atoms with van der Waals surface area (Å²) in [6, 6.07) is 5.22. The lowest BCUT2D eigenvalue weighted by molar-refractivity contribution is 0.281. The first-order valence-corrected chi connectivity index (χ1v) is 6.49. The maximum atomic E-state index is 13.4. The summed E-state index contributed by atoms with van der Waals surface area (Å²) in [5.74, 6) is 0.528. The van der Waals surface area contributed by atoms with Crippen LogP contribution in [-0.2, 0) is 6.42 Å². The molecule has 1 saturated carbocycles. The van der Waals surface area contributed by atoms with Gasteiger partial charge >= 0.3 is 0 Å². The standard InChI is InChI=1S/C13H17BrFN/c1-13(8-16,10-5-6-10)7-9-3-2-4-11(15)12(9)14/h2-4,10H,5-8,16H2,1H3. The van der Waals surface area contributed by atoms with E-state index in [1.165, 1.54) is 18.9 Å². The summed E-state index contributed by atoms with van der Waals surface area (Å²) in [5.41, 5.74) is 7.02. The zero-order valence-corrected chi connectivity index (χ0v) is 11.1. The van der Waals surface area contributed by atoms with Gasteiger partial charge in [-0.2, -0.15) is 0 Å². The Balaban J connectivity index is 2.22. The third-order valence-corrected chi connectivity index (χ3v) is 4.54. The minimum atomic E-state index is -0.187. The second-order valence-corrected chi connectivity index (χ2v) is 5.82. The highest BCUT2D eigenvalue weighted by Crippen LogP contribution is 2.47. The quantitative estimate of drug-likeness (QED) is 0.900. The van der Waals surface area contributed by atoms with E-state index in [9.17, 15) is 4.39 Å². The maximum Gasteiger partial charge on any atom is 0.137 e. The van der Waals surface area contributed by atoms with Gasteiger partial charge in [-0.3, -0.25) is 0 Å². The van der Waals surface area contributed by atoms with E-state index in [0.29, 0.717) is 16.9 Å². The van der Waals surface area contributed by atoms with Gasteiger partial charge in [0.05, 0.1) is 4.47 Å². The largest absolute Gasteiger partial charge is 0.330 e. The SMILES string of the molecule is CC(CN)(Cc1cccc(F)c1Br)C1CC1. The predicted molar refractivity (Wildman–Crippen MR) is 67.7 cm³/mol. The van der Waals surface area contributed by atoms with Crippen molar-refractivity contribution >= 4 is 15.9 Å². The molecular formula is C13H17BrFN. The zero-order valence-electron chi connectivity index (χ0n) is 9.47. The number of rotatable bonds is 4. The Hall–Kier alpha value is -0.410. The van der Waals surface area contributed by atoms with E-state index in [1.807, 2.05) is 6.07 Å². The summed E-state index contributed by atoms with van der Waals surface area (Å²) in [6.07, 6.45) is 3.38. The van der Waals surface area contributed by atoms with E-state index >= 15 is 0 Å². The molecule has 1 atom stereocenters.